The maximum absolute atomic E-state index is 10.3. The van der Waals surface area contributed by atoms with Crippen LogP contribution in [-0.4, -0.2) is 49.8 Å². The maximum atomic E-state index is 10.3. The lowest BCUT2D eigenvalue weighted by Gasteiger charge is -2.41. The van der Waals surface area contributed by atoms with Crippen LogP contribution in [0.2, 0.25) is 5.02 Å². The average molecular weight is 685 g/mol. The summed E-state index contributed by atoms with van der Waals surface area (Å²) in [6.45, 7) is 3.68. The van der Waals surface area contributed by atoms with Crippen molar-refractivity contribution in [1.29, 1.82) is 0 Å². The first-order valence-electron chi connectivity index (χ1n) is 13.0. The summed E-state index contributed by atoms with van der Waals surface area (Å²) in [5.74, 6) is 0.852. The standard InChI is InChI=1S/C30H34ClIO6S/c1-2-34-25-11-8-21(9-12-25)16-24-17-23(10-13-26(24)31)27-18-28(36-20-22-6-4-3-5-7-22)30(29(19-33)38-27)35-14-15-37-39-32/h3-13,17,27-30,33H,2,14-16,18-20H2,1H3/t27?,28?,29?,30-/m0/s1. The second-order valence-electron chi connectivity index (χ2n) is 9.24. The van der Waals surface area contributed by atoms with Gasteiger partial charge in [-0.25, -0.2) is 0 Å². The molecule has 0 amide bonds. The highest BCUT2D eigenvalue weighted by Gasteiger charge is 2.40. The van der Waals surface area contributed by atoms with E-state index in [4.69, 9.17) is 34.7 Å². The summed E-state index contributed by atoms with van der Waals surface area (Å²) in [5.41, 5.74) is 4.22. The highest BCUT2D eigenvalue weighted by molar-refractivity contribution is 14.2. The van der Waals surface area contributed by atoms with Crippen molar-refractivity contribution < 1.29 is 28.2 Å². The van der Waals surface area contributed by atoms with Crippen molar-refractivity contribution in [3.63, 3.8) is 0 Å². The van der Waals surface area contributed by atoms with E-state index in [1.54, 1.807) is 0 Å². The molecular weight excluding hydrogens is 651 g/mol. The third kappa shape index (κ3) is 9.06. The molecule has 0 aliphatic carbocycles. The van der Waals surface area contributed by atoms with Crippen LogP contribution in [0, 0.1) is 0 Å². The lowest BCUT2D eigenvalue weighted by molar-refractivity contribution is -0.215. The van der Waals surface area contributed by atoms with Gasteiger partial charge in [-0.1, -0.05) is 66.2 Å². The van der Waals surface area contributed by atoms with Crippen LogP contribution < -0.4 is 4.74 Å². The molecule has 0 aromatic heterocycles. The number of halogens is 2. The summed E-state index contributed by atoms with van der Waals surface area (Å²) < 4.78 is 29.9. The summed E-state index contributed by atoms with van der Waals surface area (Å²) in [6, 6.07) is 24.1. The van der Waals surface area contributed by atoms with E-state index >= 15 is 0 Å². The van der Waals surface area contributed by atoms with Crippen molar-refractivity contribution in [3.05, 3.63) is 100 Å². The van der Waals surface area contributed by atoms with Crippen molar-refractivity contribution in [1.82, 2.24) is 0 Å². The normalized spacial score (nSPS) is 21.1. The fourth-order valence-electron chi connectivity index (χ4n) is 4.72. The zero-order chi connectivity index (χ0) is 27.5. The van der Waals surface area contributed by atoms with Crippen LogP contribution in [-0.2, 0) is 31.4 Å². The molecule has 0 bridgehead atoms. The molecule has 4 rings (SSSR count). The molecule has 3 aromatic rings. The Bertz CT molecular complexity index is 1140. The Morgan fingerprint density at radius 2 is 1.79 bits per heavy atom. The lowest BCUT2D eigenvalue weighted by Crippen LogP contribution is -2.50. The Balaban J connectivity index is 1.51. The molecule has 1 heterocycles. The van der Waals surface area contributed by atoms with Crippen molar-refractivity contribution in [2.75, 3.05) is 26.4 Å². The number of ether oxygens (including phenoxy) is 4. The van der Waals surface area contributed by atoms with Gasteiger partial charge in [-0.05, 0) is 53.8 Å². The smallest absolute Gasteiger partial charge is 0.119 e. The summed E-state index contributed by atoms with van der Waals surface area (Å²) in [5, 5.41) is 11.0. The van der Waals surface area contributed by atoms with Crippen LogP contribution in [0.4, 0.5) is 0 Å². The molecule has 3 unspecified atom stereocenters. The summed E-state index contributed by atoms with van der Waals surface area (Å²) in [6.07, 6.45) is -0.252. The first-order valence-corrected chi connectivity index (χ1v) is 16.7. The van der Waals surface area contributed by atoms with Gasteiger partial charge in [-0.3, -0.25) is 0 Å². The number of benzene rings is 3. The number of hydrogen-bond acceptors (Lipinski definition) is 7. The fraction of sp³-hybridized carbons (Fsp3) is 0.400. The summed E-state index contributed by atoms with van der Waals surface area (Å²) in [7, 11) is 1.27. The predicted octanol–water partition coefficient (Wildman–Crippen LogP) is 7.14. The SMILES string of the molecule is CCOc1ccc(Cc2cc(C3CC(OCc4ccccc4)[C@H](OCCOSI)C(CO)O3)ccc2Cl)cc1. The van der Waals surface area contributed by atoms with E-state index in [1.807, 2.05) is 61.5 Å². The molecule has 6 nitrogen and oxygen atoms in total. The van der Waals surface area contributed by atoms with Crippen LogP contribution >= 0.6 is 42.0 Å². The Kier molecular flexibility index (Phi) is 12.7. The van der Waals surface area contributed by atoms with Crippen molar-refractivity contribution in [2.45, 2.75) is 50.8 Å². The highest BCUT2D eigenvalue weighted by atomic mass is 127. The molecule has 0 saturated carbocycles. The molecule has 210 valence electrons. The Labute approximate surface area is 252 Å². The van der Waals surface area contributed by atoms with E-state index < -0.39 is 12.2 Å². The summed E-state index contributed by atoms with van der Waals surface area (Å²) in [4.78, 5) is 0. The van der Waals surface area contributed by atoms with Gasteiger partial charge >= 0.3 is 0 Å². The average Bonchev–Trinajstić information content (AvgIpc) is 2.97. The summed E-state index contributed by atoms with van der Waals surface area (Å²) >= 11 is 8.69. The first kappa shape index (κ1) is 30.6. The van der Waals surface area contributed by atoms with Gasteiger partial charge in [0.25, 0.3) is 0 Å². The van der Waals surface area contributed by atoms with Crippen LogP contribution in [0.3, 0.4) is 0 Å². The number of aliphatic hydroxyl groups is 1. The number of hydrogen-bond donors (Lipinski definition) is 1. The van der Waals surface area contributed by atoms with Gasteiger partial charge in [0.2, 0.25) is 0 Å². The Morgan fingerprint density at radius 1 is 1.00 bits per heavy atom. The largest absolute Gasteiger partial charge is 0.494 e. The van der Waals surface area contributed by atoms with Crippen molar-refractivity contribution in [3.8, 4) is 5.75 Å². The van der Waals surface area contributed by atoms with Gasteiger partial charge < -0.3 is 28.2 Å². The predicted molar refractivity (Wildman–Crippen MR) is 164 cm³/mol. The quantitative estimate of drug-likeness (QED) is 0.110. The zero-order valence-corrected chi connectivity index (χ0v) is 25.6. The van der Waals surface area contributed by atoms with Crippen molar-refractivity contribution >= 4 is 42.0 Å². The van der Waals surface area contributed by atoms with E-state index in [-0.39, 0.29) is 18.8 Å². The molecule has 0 spiro atoms. The van der Waals surface area contributed by atoms with E-state index in [2.05, 4.69) is 39.4 Å². The zero-order valence-electron chi connectivity index (χ0n) is 21.8. The van der Waals surface area contributed by atoms with E-state index in [1.165, 1.54) is 9.21 Å². The third-order valence-corrected chi connectivity index (χ3v) is 7.98. The Morgan fingerprint density at radius 3 is 2.51 bits per heavy atom. The lowest BCUT2D eigenvalue weighted by atomic mass is 9.92. The van der Waals surface area contributed by atoms with Gasteiger partial charge in [-0.2, -0.15) is 0 Å². The van der Waals surface area contributed by atoms with Gasteiger partial charge in [0.05, 0.1) is 54.5 Å². The minimum atomic E-state index is -0.540. The Hall–Kier alpha value is -1.37. The fourth-order valence-corrected chi connectivity index (χ4v) is 5.57. The van der Waals surface area contributed by atoms with E-state index in [0.717, 1.165) is 28.0 Å². The van der Waals surface area contributed by atoms with Crippen LogP contribution in [0.15, 0.2) is 72.8 Å². The van der Waals surface area contributed by atoms with Crippen LogP contribution in [0.1, 0.15) is 41.7 Å². The van der Waals surface area contributed by atoms with Crippen LogP contribution in [0.5, 0.6) is 5.75 Å². The second-order valence-corrected chi connectivity index (χ2v) is 11.1. The third-order valence-electron chi connectivity index (χ3n) is 6.60. The molecule has 1 fully saturated rings. The van der Waals surface area contributed by atoms with E-state index in [0.29, 0.717) is 44.3 Å². The van der Waals surface area contributed by atoms with Gasteiger partial charge in [0.1, 0.15) is 18.0 Å². The minimum Gasteiger partial charge on any atom is -0.494 e. The second kappa shape index (κ2) is 16.2. The molecule has 1 N–H and O–H groups in total. The molecule has 0 radical (unpaired) electrons. The first-order chi connectivity index (χ1) is 19.1. The topological polar surface area (TPSA) is 66.4 Å². The van der Waals surface area contributed by atoms with Crippen LogP contribution in [0.25, 0.3) is 0 Å². The molecule has 9 heteroatoms. The van der Waals surface area contributed by atoms with E-state index in [9.17, 15) is 5.11 Å². The van der Waals surface area contributed by atoms with Crippen molar-refractivity contribution in [2.24, 2.45) is 0 Å². The number of aliphatic hydroxyl groups excluding tert-OH is 1. The van der Waals surface area contributed by atoms with Gasteiger partial charge in [-0.15, -0.1) is 0 Å². The molecule has 1 saturated heterocycles. The number of rotatable bonds is 14. The van der Waals surface area contributed by atoms with Gasteiger partial charge in [0.15, 0.2) is 0 Å². The molecule has 39 heavy (non-hydrogen) atoms. The molecular formula is C30H34ClIO6S. The van der Waals surface area contributed by atoms with Gasteiger partial charge in [0, 0.05) is 32.6 Å². The molecule has 1 aliphatic rings. The molecule has 3 aromatic carbocycles. The maximum Gasteiger partial charge on any atom is 0.119 e. The highest BCUT2D eigenvalue weighted by Crippen LogP contribution is 2.36. The molecule has 4 atom stereocenters. The monoisotopic (exact) mass is 684 g/mol. The minimum absolute atomic E-state index is 0.180. The molecule has 1 aliphatic heterocycles.